The summed E-state index contributed by atoms with van der Waals surface area (Å²) < 4.78 is 11.6. The Morgan fingerprint density at radius 3 is 2.22 bits per heavy atom. The Morgan fingerprint density at radius 1 is 0.892 bits per heavy atom. The van der Waals surface area contributed by atoms with Crippen LogP contribution in [0.1, 0.15) is 22.7 Å². The van der Waals surface area contributed by atoms with Crippen molar-refractivity contribution in [2.45, 2.75) is 13.0 Å². The molecular weight excluding hydrogens is 468 g/mol. The van der Waals surface area contributed by atoms with Crippen molar-refractivity contribution in [3.8, 4) is 11.5 Å². The van der Waals surface area contributed by atoms with Crippen LogP contribution in [0.2, 0.25) is 0 Å². The van der Waals surface area contributed by atoms with E-state index in [4.69, 9.17) is 9.47 Å². The molecule has 0 saturated carbocycles. The van der Waals surface area contributed by atoms with Crippen molar-refractivity contribution < 1.29 is 24.2 Å². The molecule has 1 heterocycles. The number of Topliss-reactive ketones (excluding diaryl/α,β-unsaturated/α-hetero) is 1. The van der Waals surface area contributed by atoms with Crippen LogP contribution in [0.15, 0.2) is 84.4 Å². The molecule has 7 heteroatoms. The number of rotatable bonds is 10. The number of aliphatic hydroxyl groups is 1. The topological polar surface area (TPSA) is 79.3 Å². The van der Waals surface area contributed by atoms with Crippen LogP contribution in [0.25, 0.3) is 5.76 Å². The van der Waals surface area contributed by atoms with E-state index in [1.54, 1.807) is 36.4 Å². The van der Waals surface area contributed by atoms with E-state index in [9.17, 15) is 14.7 Å². The second-order valence-corrected chi connectivity index (χ2v) is 9.19. The molecule has 37 heavy (non-hydrogen) atoms. The third kappa shape index (κ3) is 6.01. The highest BCUT2D eigenvalue weighted by atomic mass is 16.5. The number of benzene rings is 3. The first-order chi connectivity index (χ1) is 17.9. The highest BCUT2D eigenvalue weighted by Crippen LogP contribution is 2.39. The molecule has 1 aliphatic heterocycles. The Hall–Kier alpha value is -4.10. The zero-order valence-corrected chi connectivity index (χ0v) is 21.4. The zero-order chi connectivity index (χ0) is 26.4. The van der Waals surface area contributed by atoms with Gasteiger partial charge in [0.05, 0.1) is 11.6 Å². The van der Waals surface area contributed by atoms with Crippen molar-refractivity contribution in [1.82, 2.24) is 9.80 Å². The normalized spacial score (nSPS) is 16.9. The monoisotopic (exact) mass is 500 g/mol. The van der Waals surface area contributed by atoms with Crippen molar-refractivity contribution in [2.75, 3.05) is 40.4 Å². The molecular formula is C30H32N2O5. The summed E-state index contributed by atoms with van der Waals surface area (Å²) in [5.74, 6) is -0.000377. The van der Waals surface area contributed by atoms with E-state index in [0.717, 1.165) is 16.9 Å². The summed E-state index contributed by atoms with van der Waals surface area (Å²) >= 11 is 0. The van der Waals surface area contributed by atoms with Gasteiger partial charge in [-0.2, -0.15) is 0 Å². The highest BCUT2D eigenvalue weighted by Gasteiger charge is 2.45. The quantitative estimate of drug-likeness (QED) is 0.192. The van der Waals surface area contributed by atoms with Gasteiger partial charge in [-0.15, -0.1) is 0 Å². The summed E-state index contributed by atoms with van der Waals surface area (Å²) in [6.07, 6.45) is 0. The van der Waals surface area contributed by atoms with Gasteiger partial charge in [-0.3, -0.25) is 9.59 Å². The largest absolute Gasteiger partial charge is 0.507 e. The fourth-order valence-electron chi connectivity index (χ4n) is 4.29. The average molecular weight is 501 g/mol. The maximum Gasteiger partial charge on any atom is 0.295 e. The maximum atomic E-state index is 13.1. The van der Waals surface area contributed by atoms with Crippen LogP contribution in [0.4, 0.5) is 0 Å². The molecule has 1 amide bonds. The van der Waals surface area contributed by atoms with Crippen LogP contribution in [0.5, 0.6) is 11.5 Å². The molecule has 0 unspecified atom stereocenters. The molecule has 1 aliphatic rings. The van der Waals surface area contributed by atoms with Crippen LogP contribution >= 0.6 is 0 Å². The maximum absolute atomic E-state index is 13.1. The summed E-state index contributed by atoms with van der Waals surface area (Å²) in [5.41, 5.74) is 2.37. The standard InChI is InChI=1S/C30H32N2O5/c1-21-9-7-8-12-25(21)37-20-19-36-24-15-13-22(14-16-24)27-26(28(33)23-10-5-4-6-11-23)29(34)30(35)32(27)18-17-31(2)3/h4-16,27,33H,17-20H2,1-3H3/b28-26+/t27-/m1/s1. The molecule has 3 aromatic carbocycles. The van der Waals surface area contributed by atoms with Gasteiger partial charge >= 0.3 is 0 Å². The number of para-hydroxylation sites is 1. The molecule has 0 radical (unpaired) electrons. The van der Waals surface area contributed by atoms with Crippen molar-refractivity contribution in [3.63, 3.8) is 0 Å². The van der Waals surface area contributed by atoms with E-state index >= 15 is 0 Å². The van der Waals surface area contributed by atoms with Crippen molar-refractivity contribution in [1.29, 1.82) is 0 Å². The summed E-state index contributed by atoms with van der Waals surface area (Å²) in [6, 6.07) is 23.2. The van der Waals surface area contributed by atoms with Gasteiger partial charge in [-0.05, 0) is 50.3 Å². The van der Waals surface area contributed by atoms with Gasteiger partial charge < -0.3 is 24.4 Å². The minimum atomic E-state index is -0.696. The number of hydrogen-bond donors (Lipinski definition) is 1. The number of carbonyl (C=O) groups is 2. The Bertz CT molecular complexity index is 1270. The Labute approximate surface area is 217 Å². The number of likely N-dealkylation sites (N-methyl/N-ethyl adjacent to an activating group) is 1. The minimum absolute atomic E-state index is 0.0928. The minimum Gasteiger partial charge on any atom is -0.507 e. The average Bonchev–Trinajstić information content (AvgIpc) is 3.16. The van der Waals surface area contributed by atoms with E-state index in [0.29, 0.717) is 37.6 Å². The molecule has 0 bridgehead atoms. The van der Waals surface area contributed by atoms with E-state index < -0.39 is 17.7 Å². The third-order valence-corrected chi connectivity index (χ3v) is 6.27. The molecule has 4 rings (SSSR count). The molecule has 0 aromatic heterocycles. The number of carbonyl (C=O) groups excluding carboxylic acids is 2. The molecule has 1 atom stereocenters. The van der Waals surface area contributed by atoms with Gasteiger partial charge in [-0.25, -0.2) is 0 Å². The smallest absolute Gasteiger partial charge is 0.295 e. The van der Waals surface area contributed by atoms with Crippen molar-refractivity contribution in [3.05, 3.63) is 101 Å². The fraction of sp³-hybridized carbons (Fsp3) is 0.267. The number of ketones is 1. The SMILES string of the molecule is Cc1ccccc1OCCOc1ccc([C@@H]2/C(=C(\O)c3ccccc3)C(=O)C(=O)N2CCN(C)C)cc1. The molecule has 192 valence electrons. The van der Waals surface area contributed by atoms with Crippen molar-refractivity contribution >= 4 is 17.4 Å². The van der Waals surface area contributed by atoms with Gasteiger partial charge in [0.25, 0.3) is 11.7 Å². The van der Waals surface area contributed by atoms with Crippen LogP contribution in [-0.4, -0.2) is 67.0 Å². The predicted molar refractivity (Wildman–Crippen MR) is 143 cm³/mol. The highest BCUT2D eigenvalue weighted by molar-refractivity contribution is 6.46. The number of nitrogens with zero attached hydrogens (tertiary/aromatic N) is 2. The molecule has 7 nitrogen and oxygen atoms in total. The lowest BCUT2D eigenvalue weighted by Crippen LogP contribution is -2.35. The van der Waals surface area contributed by atoms with Gasteiger partial charge in [0, 0.05) is 18.7 Å². The predicted octanol–water partition coefficient (Wildman–Crippen LogP) is 4.44. The Kier molecular flexibility index (Phi) is 8.25. The summed E-state index contributed by atoms with van der Waals surface area (Å²) in [7, 11) is 3.81. The van der Waals surface area contributed by atoms with Gasteiger partial charge in [0.2, 0.25) is 0 Å². The first kappa shape index (κ1) is 26.0. The lowest BCUT2D eigenvalue weighted by atomic mass is 9.95. The molecule has 3 aromatic rings. The second kappa shape index (κ2) is 11.8. The van der Waals surface area contributed by atoms with Gasteiger partial charge in [0.1, 0.15) is 30.5 Å². The molecule has 0 spiro atoms. The van der Waals surface area contributed by atoms with E-state index in [1.165, 1.54) is 4.90 Å². The number of amides is 1. The van der Waals surface area contributed by atoms with Crippen LogP contribution in [0, 0.1) is 6.92 Å². The first-order valence-corrected chi connectivity index (χ1v) is 12.3. The number of aryl methyl sites for hydroxylation is 1. The fourth-order valence-corrected chi connectivity index (χ4v) is 4.29. The van der Waals surface area contributed by atoms with E-state index in [1.807, 2.05) is 68.4 Å². The van der Waals surface area contributed by atoms with E-state index in [2.05, 4.69) is 0 Å². The molecule has 1 fully saturated rings. The number of likely N-dealkylation sites (tertiary alicyclic amines) is 1. The lowest BCUT2D eigenvalue weighted by molar-refractivity contribution is -0.140. The number of hydrogen-bond acceptors (Lipinski definition) is 6. The molecule has 1 N–H and O–H groups in total. The molecule has 0 aliphatic carbocycles. The van der Waals surface area contributed by atoms with Crippen molar-refractivity contribution in [2.24, 2.45) is 0 Å². The Balaban J connectivity index is 1.54. The first-order valence-electron chi connectivity index (χ1n) is 12.3. The second-order valence-electron chi connectivity index (χ2n) is 9.19. The van der Waals surface area contributed by atoms with Gasteiger partial charge in [0.15, 0.2) is 0 Å². The number of aliphatic hydroxyl groups excluding tert-OH is 1. The summed E-state index contributed by atoms with van der Waals surface area (Å²) in [6.45, 7) is 3.68. The van der Waals surface area contributed by atoms with E-state index in [-0.39, 0.29) is 11.3 Å². The van der Waals surface area contributed by atoms with Crippen LogP contribution < -0.4 is 9.47 Å². The third-order valence-electron chi connectivity index (χ3n) is 6.27. The number of ether oxygens (including phenoxy) is 2. The lowest BCUT2D eigenvalue weighted by Gasteiger charge is -2.26. The molecule has 1 saturated heterocycles. The zero-order valence-electron chi connectivity index (χ0n) is 21.4. The summed E-state index contributed by atoms with van der Waals surface area (Å²) in [5, 5.41) is 11.1. The summed E-state index contributed by atoms with van der Waals surface area (Å²) in [4.78, 5) is 29.6. The van der Waals surface area contributed by atoms with Crippen LogP contribution in [0.3, 0.4) is 0 Å². The van der Waals surface area contributed by atoms with Crippen LogP contribution in [-0.2, 0) is 9.59 Å². The Morgan fingerprint density at radius 2 is 1.54 bits per heavy atom. The van der Waals surface area contributed by atoms with Gasteiger partial charge in [-0.1, -0.05) is 60.7 Å².